The van der Waals surface area contributed by atoms with Crippen molar-refractivity contribution >= 4 is 0 Å². The van der Waals surface area contributed by atoms with E-state index < -0.39 is 0 Å². The molecule has 2 atom stereocenters. The van der Waals surface area contributed by atoms with Crippen molar-refractivity contribution in [3.63, 3.8) is 0 Å². The summed E-state index contributed by atoms with van der Waals surface area (Å²) in [7, 11) is 0. The SMILES string of the molecule is N#CC1CCCC1NCC1(C2CC2)CC1. The third-order valence-electron chi connectivity index (χ3n) is 4.73. The molecule has 3 rings (SSSR count). The normalized spacial score (nSPS) is 37.5. The summed E-state index contributed by atoms with van der Waals surface area (Å²) in [5.41, 5.74) is 0.683. The van der Waals surface area contributed by atoms with E-state index in [1.165, 1.54) is 45.1 Å². The molecule has 0 radical (unpaired) electrons. The van der Waals surface area contributed by atoms with Gasteiger partial charge in [-0.25, -0.2) is 0 Å². The molecule has 2 nitrogen and oxygen atoms in total. The number of nitriles is 1. The summed E-state index contributed by atoms with van der Waals surface area (Å²) in [5, 5.41) is 12.7. The maximum Gasteiger partial charge on any atom is 0.0672 e. The fourth-order valence-corrected chi connectivity index (χ4v) is 3.28. The van der Waals surface area contributed by atoms with Crippen molar-refractivity contribution in [2.75, 3.05) is 6.54 Å². The summed E-state index contributed by atoms with van der Waals surface area (Å²) in [6.45, 7) is 1.19. The smallest absolute Gasteiger partial charge is 0.0672 e. The van der Waals surface area contributed by atoms with E-state index in [1.54, 1.807) is 0 Å². The van der Waals surface area contributed by atoms with Crippen molar-refractivity contribution in [1.82, 2.24) is 5.32 Å². The summed E-state index contributed by atoms with van der Waals surface area (Å²) in [6.07, 6.45) is 9.39. The maximum absolute atomic E-state index is 9.01. The van der Waals surface area contributed by atoms with Crippen LogP contribution in [-0.4, -0.2) is 12.6 Å². The minimum Gasteiger partial charge on any atom is -0.312 e. The van der Waals surface area contributed by atoms with Crippen LogP contribution < -0.4 is 5.32 Å². The standard InChI is InChI=1S/C13H20N2/c14-8-10-2-1-3-12(10)15-9-13(6-7-13)11-4-5-11/h10-12,15H,1-7,9H2. The van der Waals surface area contributed by atoms with Gasteiger partial charge in [-0.05, 0) is 49.9 Å². The van der Waals surface area contributed by atoms with Crippen molar-refractivity contribution in [2.45, 2.75) is 51.0 Å². The molecule has 0 aromatic rings. The van der Waals surface area contributed by atoms with Crippen LogP contribution in [0, 0.1) is 28.6 Å². The van der Waals surface area contributed by atoms with Crippen LogP contribution in [0.1, 0.15) is 44.9 Å². The zero-order valence-electron chi connectivity index (χ0n) is 9.34. The monoisotopic (exact) mass is 204 g/mol. The number of hydrogen-bond acceptors (Lipinski definition) is 2. The van der Waals surface area contributed by atoms with E-state index in [9.17, 15) is 0 Å². The molecule has 0 aromatic carbocycles. The molecule has 0 saturated heterocycles. The van der Waals surface area contributed by atoms with E-state index in [4.69, 9.17) is 5.26 Å². The maximum atomic E-state index is 9.01. The molecule has 0 spiro atoms. The van der Waals surface area contributed by atoms with E-state index >= 15 is 0 Å². The van der Waals surface area contributed by atoms with Gasteiger partial charge >= 0.3 is 0 Å². The van der Waals surface area contributed by atoms with E-state index in [1.807, 2.05) is 0 Å². The van der Waals surface area contributed by atoms with Gasteiger partial charge in [0.05, 0.1) is 12.0 Å². The van der Waals surface area contributed by atoms with E-state index in [2.05, 4.69) is 11.4 Å². The molecule has 1 N–H and O–H groups in total. The topological polar surface area (TPSA) is 35.8 Å². The lowest BCUT2D eigenvalue weighted by atomic mass is 9.98. The molecule has 2 heteroatoms. The summed E-state index contributed by atoms with van der Waals surface area (Å²) < 4.78 is 0. The van der Waals surface area contributed by atoms with Crippen LogP contribution in [-0.2, 0) is 0 Å². The van der Waals surface area contributed by atoms with E-state index in [0.717, 1.165) is 12.3 Å². The van der Waals surface area contributed by atoms with Gasteiger partial charge in [-0.15, -0.1) is 0 Å². The van der Waals surface area contributed by atoms with Crippen molar-refractivity contribution in [3.05, 3.63) is 0 Å². The van der Waals surface area contributed by atoms with Gasteiger partial charge in [0.25, 0.3) is 0 Å². The molecule has 0 heterocycles. The molecular formula is C13H20N2. The van der Waals surface area contributed by atoms with E-state index in [0.29, 0.717) is 17.4 Å². The first-order chi connectivity index (χ1) is 7.34. The van der Waals surface area contributed by atoms with Crippen LogP contribution in [0.25, 0.3) is 0 Å². The van der Waals surface area contributed by atoms with Crippen LogP contribution >= 0.6 is 0 Å². The average Bonchev–Trinajstić information content (AvgIpc) is 3.13. The fraction of sp³-hybridized carbons (Fsp3) is 0.923. The van der Waals surface area contributed by atoms with Crippen molar-refractivity contribution < 1.29 is 0 Å². The highest BCUT2D eigenvalue weighted by molar-refractivity contribution is 5.06. The number of hydrogen-bond donors (Lipinski definition) is 1. The first-order valence-electron chi connectivity index (χ1n) is 6.47. The molecule has 2 unspecified atom stereocenters. The molecule has 15 heavy (non-hydrogen) atoms. The molecular weight excluding hydrogens is 184 g/mol. The molecule has 0 aliphatic heterocycles. The Kier molecular flexibility index (Phi) is 2.25. The fourth-order valence-electron chi connectivity index (χ4n) is 3.28. The van der Waals surface area contributed by atoms with Crippen molar-refractivity contribution in [3.8, 4) is 6.07 Å². The average molecular weight is 204 g/mol. The Bertz CT molecular complexity index is 283. The molecule has 0 amide bonds. The zero-order chi connectivity index (χ0) is 10.3. The second kappa shape index (κ2) is 3.49. The van der Waals surface area contributed by atoms with Gasteiger partial charge in [-0.3, -0.25) is 0 Å². The van der Waals surface area contributed by atoms with Crippen LogP contribution in [0.5, 0.6) is 0 Å². The molecule has 3 aliphatic carbocycles. The lowest BCUT2D eigenvalue weighted by Crippen LogP contribution is -2.36. The first-order valence-corrected chi connectivity index (χ1v) is 6.47. The van der Waals surface area contributed by atoms with Gasteiger partial charge in [-0.2, -0.15) is 5.26 Å². The predicted octanol–water partition coefficient (Wildman–Crippen LogP) is 2.46. The Morgan fingerprint density at radius 1 is 1.20 bits per heavy atom. The van der Waals surface area contributed by atoms with Gasteiger partial charge in [0.1, 0.15) is 0 Å². The first kappa shape index (κ1) is 9.66. The highest BCUT2D eigenvalue weighted by Crippen LogP contribution is 2.60. The number of nitrogens with zero attached hydrogens (tertiary/aromatic N) is 1. The van der Waals surface area contributed by atoms with Gasteiger partial charge in [-0.1, -0.05) is 6.42 Å². The minimum atomic E-state index is 0.292. The molecule has 0 aromatic heterocycles. The predicted molar refractivity (Wildman–Crippen MR) is 59.1 cm³/mol. The summed E-state index contributed by atoms with van der Waals surface area (Å²) in [6, 6.07) is 2.96. The third kappa shape index (κ3) is 1.78. The Balaban J connectivity index is 1.51. The largest absolute Gasteiger partial charge is 0.312 e. The lowest BCUT2D eigenvalue weighted by Gasteiger charge is -2.21. The zero-order valence-corrected chi connectivity index (χ0v) is 9.34. The summed E-state index contributed by atoms with van der Waals surface area (Å²) in [5.74, 6) is 1.33. The molecule has 3 fully saturated rings. The summed E-state index contributed by atoms with van der Waals surface area (Å²) >= 11 is 0. The highest BCUT2D eigenvalue weighted by atomic mass is 15.0. The summed E-state index contributed by atoms with van der Waals surface area (Å²) in [4.78, 5) is 0. The Morgan fingerprint density at radius 3 is 2.60 bits per heavy atom. The van der Waals surface area contributed by atoms with E-state index in [-0.39, 0.29) is 0 Å². The van der Waals surface area contributed by atoms with Crippen molar-refractivity contribution in [1.29, 1.82) is 5.26 Å². The Morgan fingerprint density at radius 2 is 2.00 bits per heavy atom. The second-order valence-corrected chi connectivity index (χ2v) is 5.79. The molecule has 3 saturated carbocycles. The van der Waals surface area contributed by atoms with Crippen LogP contribution in [0.15, 0.2) is 0 Å². The Labute approximate surface area is 92.0 Å². The van der Waals surface area contributed by atoms with Gasteiger partial charge < -0.3 is 5.32 Å². The van der Waals surface area contributed by atoms with Crippen molar-refractivity contribution in [2.24, 2.45) is 17.3 Å². The quantitative estimate of drug-likeness (QED) is 0.763. The third-order valence-corrected chi connectivity index (χ3v) is 4.73. The van der Waals surface area contributed by atoms with Gasteiger partial charge in [0.2, 0.25) is 0 Å². The Hall–Kier alpha value is -0.550. The minimum absolute atomic E-state index is 0.292. The molecule has 3 aliphatic rings. The van der Waals surface area contributed by atoms with Crippen LogP contribution in [0.3, 0.4) is 0 Å². The van der Waals surface area contributed by atoms with Crippen LogP contribution in [0.2, 0.25) is 0 Å². The number of nitrogens with one attached hydrogen (secondary N) is 1. The van der Waals surface area contributed by atoms with Crippen LogP contribution in [0.4, 0.5) is 0 Å². The second-order valence-electron chi connectivity index (χ2n) is 5.79. The molecule has 82 valence electrons. The molecule has 0 bridgehead atoms. The lowest BCUT2D eigenvalue weighted by molar-refractivity contribution is 0.356. The highest BCUT2D eigenvalue weighted by Gasteiger charge is 2.53. The van der Waals surface area contributed by atoms with Gasteiger partial charge in [0, 0.05) is 12.6 Å². The van der Waals surface area contributed by atoms with Gasteiger partial charge in [0.15, 0.2) is 0 Å². The number of rotatable bonds is 4.